The molecular formula is C19H21N3O5S2. The summed E-state index contributed by atoms with van der Waals surface area (Å²) in [5.74, 6) is 0.283. The fraction of sp³-hybridized carbons (Fsp3) is 0.263. The third-order valence-corrected chi connectivity index (χ3v) is 6.42. The first kappa shape index (κ1) is 21.2. The average Bonchev–Trinajstić information content (AvgIpc) is 2.74. The Bertz CT molecular complexity index is 970. The van der Waals surface area contributed by atoms with Crippen LogP contribution in [0.25, 0.3) is 0 Å². The number of anilines is 1. The van der Waals surface area contributed by atoms with Crippen molar-refractivity contribution in [1.29, 1.82) is 0 Å². The second-order valence-electron chi connectivity index (χ2n) is 6.18. The van der Waals surface area contributed by atoms with Crippen LogP contribution in [-0.4, -0.2) is 57.2 Å². The van der Waals surface area contributed by atoms with Crippen LogP contribution in [0.15, 0.2) is 53.4 Å². The fourth-order valence-corrected chi connectivity index (χ4v) is 4.34. The second kappa shape index (κ2) is 9.31. The molecule has 0 spiro atoms. The Balaban J connectivity index is 1.60. The van der Waals surface area contributed by atoms with Crippen molar-refractivity contribution >= 4 is 38.9 Å². The summed E-state index contributed by atoms with van der Waals surface area (Å²) in [5, 5.41) is 5.55. The van der Waals surface area contributed by atoms with Crippen LogP contribution >= 0.6 is 12.2 Å². The Kier molecular flexibility index (Phi) is 6.80. The normalized spacial score (nSPS) is 14.8. The molecule has 1 fully saturated rings. The molecule has 1 heterocycles. The van der Waals surface area contributed by atoms with Crippen LogP contribution in [0.4, 0.5) is 5.69 Å². The molecule has 0 saturated carbocycles. The minimum atomic E-state index is -3.56. The Morgan fingerprint density at radius 1 is 1.07 bits per heavy atom. The highest BCUT2D eigenvalue weighted by molar-refractivity contribution is 7.89. The number of rotatable bonds is 5. The molecule has 1 amide bonds. The van der Waals surface area contributed by atoms with E-state index in [0.717, 1.165) is 0 Å². The van der Waals surface area contributed by atoms with Crippen LogP contribution in [0.5, 0.6) is 5.75 Å². The summed E-state index contributed by atoms with van der Waals surface area (Å²) < 4.78 is 36.9. The summed E-state index contributed by atoms with van der Waals surface area (Å²) in [6, 6.07) is 12.8. The number of morpholine rings is 1. The van der Waals surface area contributed by atoms with Crippen LogP contribution in [-0.2, 0) is 14.8 Å². The number of hydrogen-bond acceptors (Lipinski definition) is 6. The third kappa shape index (κ3) is 5.30. The molecule has 8 nitrogen and oxygen atoms in total. The molecule has 0 bridgehead atoms. The fourth-order valence-electron chi connectivity index (χ4n) is 2.73. The number of thiocarbonyl (C=S) groups is 1. The van der Waals surface area contributed by atoms with Crippen LogP contribution in [0.2, 0.25) is 0 Å². The molecule has 1 aliphatic heterocycles. The first-order valence-corrected chi connectivity index (χ1v) is 10.7. The molecule has 154 valence electrons. The number of methoxy groups -OCH3 is 1. The van der Waals surface area contributed by atoms with Crippen molar-refractivity contribution in [3.63, 3.8) is 0 Å². The standard InChI is InChI=1S/C19H21N3O5S2/c1-26-16-6-2-14(3-7-16)18(23)21-19(28)20-15-4-8-17(9-5-15)29(24,25)22-10-12-27-13-11-22/h2-9H,10-13H2,1H3,(H2,20,21,23,28). The van der Waals surface area contributed by atoms with E-state index in [1.807, 2.05) is 0 Å². The number of nitrogens with zero attached hydrogens (tertiary/aromatic N) is 1. The van der Waals surface area contributed by atoms with E-state index in [-0.39, 0.29) is 15.9 Å². The highest BCUT2D eigenvalue weighted by Crippen LogP contribution is 2.19. The van der Waals surface area contributed by atoms with Gasteiger partial charge in [0.1, 0.15) is 5.75 Å². The van der Waals surface area contributed by atoms with Gasteiger partial charge in [0.15, 0.2) is 5.11 Å². The molecule has 0 radical (unpaired) electrons. The Labute approximate surface area is 174 Å². The maximum absolute atomic E-state index is 12.6. The van der Waals surface area contributed by atoms with Crippen molar-refractivity contribution in [2.24, 2.45) is 0 Å². The number of sulfonamides is 1. The highest BCUT2D eigenvalue weighted by atomic mass is 32.2. The lowest BCUT2D eigenvalue weighted by Gasteiger charge is -2.26. The predicted octanol–water partition coefficient (Wildman–Crippen LogP) is 1.84. The monoisotopic (exact) mass is 435 g/mol. The summed E-state index contributed by atoms with van der Waals surface area (Å²) >= 11 is 5.16. The number of carbonyl (C=O) groups excluding carboxylic acids is 1. The van der Waals surface area contributed by atoms with E-state index in [9.17, 15) is 13.2 Å². The number of hydrogen-bond donors (Lipinski definition) is 2. The molecule has 2 aromatic rings. The first-order chi connectivity index (χ1) is 13.9. The summed E-state index contributed by atoms with van der Waals surface area (Å²) in [7, 11) is -2.01. The Hall–Kier alpha value is -2.53. The minimum Gasteiger partial charge on any atom is -0.497 e. The lowest BCUT2D eigenvalue weighted by molar-refractivity contribution is 0.0730. The number of amides is 1. The van der Waals surface area contributed by atoms with Gasteiger partial charge in [-0.25, -0.2) is 8.42 Å². The van der Waals surface area contributed by atoms with E-state index in [4.69, 9.17) is 21.7 Å². The van der Waals surface area contributed by atoms with Crippen molar-refractivity contribution in [2.45, 2.75) is 4.90 Å². The molecule has 1 saturated heterocycles. The molecule has 1 aliphatic rings. The van der Waals surface area contributed by atoms with Crippen molar-refractivity contribution in [1.82, 2.24) is 9.62 Å². The quantitative estimate of drug-likeness (QED) is 0.692. The molecule has 0 atom stereocenters. The average molecular weight is 436 g/mol. The summed E-state index contributed by atoms with van der Waals surface area (Å²) in [6.45, 7) is 1.45. The van der Waals surface area contributed by atoms with Crippen LogP contribution < -0.4 is 15.4 Å². The number of carbonyl (C=O) groups is 1. The topological polar surface area (TPSA) is 97.0 Å². The van der Waals surface area contributed by atoms with Gasteiger partial charge in [0.2, 0.25) is 10.0 Å². The van der Waals surface area contributed by atoms with Gasteiger partial charge in [-0.15, -0.1) is 0 Å². The van der Waals surface area contributed by atoms with E-state index in [0.29, 0.717) is 43.3 Å². The number of ether oxygens (including phenoxy) is 2. The number of benzene rings is 2. The first-order valence-electron chi connectivity index (χ1n) is 8.84. The predicted molar refractivity (Wildman–Crippen MR) is 113 cm³/mol. The van der Waals surface area contributed by atoms with E-state index in [2.05, 4.69) is 10.6 Å². The van der Waals surface area contributed by atoms with Crippen LogP contribution in [0.1, 0.15) is 10.4 Å². The maximum atomic E-state index is 12.6. The molecule has 2 aromatic carbocycles. The van der Waals surface area contributed by atoms with Gasteiger partial charge in [-0.05, 0) is 60.7 Å². The molecule has 0 aliphatic carbocycles. The Morgan fingerprint density at radius 3 is 2.28 bits per heavy atom. The molecule has 2 N–H and O–H groups in total. The second-order valence-corrected chi connectivity index (χ2v) is 8.52. The zero-order valence-corrected chi connectivity index (χ0v) is 17.4. The molecular weight excluding hydrogens is 414 g/mol. The molecule has 3 rings (SSSR count). The van der Waals surface area contributed by atoms with Crippen molar-refractivity contribution in [2.75, 3.05) is 38.7 Å². The van der Waals surface area contributed by atoms with Gasteiger partial charge in [0.25, 0.3) is 5.91 Å². The van der Waals surface area contributed by atoms with Gasteiger partial charge in [-0.2, -0.15) is 4.31 Å². The van der Waals surface area contributed by atoms with Crippen molar-refractivity contribution in [3.8, 4) is 5.75 Å². The van der Waals surface area contributed by atoms with Gasteiger partial charge in [-0.1, -0.05) is 0 Å². The molecule has 0 unspecified atom stereocenters. The number of nitrogens with one attached hydrogen (secondary N) is 2. The SMILES string of the molecule is COc1ccc(C(=O)NC(=S)Nc2ccc(S(=O)(=O)N3CCOCC3)cc2)cc1. The van der Waals surface area contributed by atoms with Crippen molar-refractivity contribution < 1.29 is 22.7 Å². The highest BCUT2D eigenvalue weighted by Gasteiger charge is 2.26. The van der Waals surface area contributed by atoms with Crippen LogP contribution in [0.3, 0.4) is 0 Å². The van der Waals surface area contributed by atoms with Gasteiger partial charge < -0.3 is 14.8 Å². The lowest BCUT2D eigenvalue weighted by Crippen LogP contribution is -2.40. The van der Waals surface area contributed by atoms with E-state index in [1.54, 1.807) is 43.5 Å². The lowest BCUT2D eigenvalue weighted by atomic mass is 10.2. The molecule has 0 aromatic heterocycles. The maximum Gasteiger partial charge on any atom is 0.257 e. The van der Waals surface area contributed by atoms with E-state index < -0.39 is 10.0 Å². The zero-order chi connectivity index (χ0) is 20.9. The molecule has 29 heavy (non-hydrogen) atoms. The Morgan fingerprint density at radius 2 is 1.69 bits per heavy atom. The van der Waals surface area contributed by atoms with Gasteiger partial charge in [0, 0.05) is 24.3 Å². The summed E-state index contributed by atoms with van der Waals surface area (Å²) in [5.41, 5.74) is 0.993. The zero-order valence-electron chi connectivity index (χ0n) is 15.8. The largest absolute Gasteiger partial charge is 0.497 e. The van der Waals surface area contributed by atoms with E-state index in [1.165, 1.54) is 16.4 Å². The third-order valence-electron chi connectivity index (χ3n) is 4.30. The van der Waals surface area contributed by atoms with Gasteiger partial charge >= 0.3 is 0 Å². The van der Waals surface area contributed by atoms with Crippen molar-refractivity contribution in [3.05, 3.63) is 54.1 Å². The van der Waals surface area contributed by atoms with E-state index >= 15 is 0 Å². The summed E-state index contributed by atoms with van der Waals surface area (Å²) in [6.07, 6.45) is 0. The van der Waals surface area contributed by atoms with Crippen LogP contribution in [0, 0.1) is 0 Å². The van der Waals surface area contributed by atoms with Gasteiger partial charge in [-0.3, -0.25) is 10.1 Å². The minimum absolute atomic E-state index is 0.106. The smallest absolute Gasteiger partial charge is 0.257 e. The molecule has 10 heteroatoms. The summed E-state index contributed by atoms with van der Waals surface area (Å²) in [4.78, 5) is 12.4. The van der Waals surface area contributed by atoms with Gasteiger partial charge in [0.05, 0.1) is 25.2 Å².